The van der Waals surface area contributed by atoms with Crippen LogP contribution in [0, 0.1) is 0 Å². The fraction of sp³-hybridized carbons (Fsp3) is 0. The highest BCUT2D eigenvalue weighted by Crippen LogP contribution is 2.38. The minimum Gasteiger partial charge on any atom is -0.504 e. The van der Waals surface area contributed by atoms with Gasteiger partial charge in [-0.05, 0) is 12.1 Å². The van der Waals surface area contributed by atoms with E-state index in [0.29, 0.717) is 0 Å². The second kappa shape index (κ2) is 5.00. The van der Waals surface area contributed by atoms with Crippen molar-refractivity contribution in [2.24, 2.45) is 0 Å². The molecular weight excluding hydrogens is 282 g/mol. The van der Waals surface area contributed by atoms with E-state index in [1.54, 1.807) is 0 Å². The number of rotatable bonds is 2. The molecule has 8 heteroatoms. The molecule has 0 aromatic heterocycles. The van der Waals surface area contributed by atoms with Crippen LogP contribution < -0.4 is 5.32 Å². The summed E-state index contributed by atoms with van der Waals surface area (Å²) in [7, 11) is 0. The van der Waals surface area contributed by atoms with E-state index in [-0.39, 0.29) is 11.3 Å². The lowest BCUT2D eigenvalue weighted by atomic mass is 10.1. The van der Waals surface area contributed by atoms with E-state index in [2.05, 4.69) is 5.32 Å². The van der Waals surface area contributed by atoms with Crippen molar-refractivity contribution >= 4 is 11.6 Å². The second-order valence-corrected chi connectivity index (χ2v) is 4.18. The topological polar surface area (TPSA) is 150 Å². The van der Waals surface area contributed by atoms with Gasteiger partial charge in [0.15, 0.2) is 34.5 Å². The lowest BCUT2D eigenvalue weighted by Gasteiger charge is -2.09. The zero-order valence-electron chi connectivity index (χ0n) is 10.4. The van der Waals surface area contributed by atoms with Crippen LogP contribution in [-0.2, 0) is 0 Å². The SMILES string of the molecule is O=C(Nc1cc(O)c(O)c(O)c1)c1cc(O)c(O)c(O)c1. The van der Waals surface area contributed by atoms with E-state index in [9.17, 15) is 35.4 Å². The third-order valence-corrected chi connectivity index (χ3v) is 2.66. The van der Waals surface area contributed by atoms with E-state index in [1.807, 2.05) is 0 Å². The zero-order valence-corrected chi connectivity index (χ0v) is 10.4. The van der Waals surface area contributed by atoms with Crippen molar-refractivity contribution in [1.29, 1.82) is 0 Å². The van der Waals surface area contributed by atoms with Gasteiger partial charge < -0.3 is 36.0 Å². The molecule has 0 saturated carbocycles. The molecule has 0 aliphatic heterocycles. The van der Waals surface area contributed by atoms with Crippen LogP contribution in [0.5, 0.6) is 34.5 Å². The highest BCUT2D eigenvalue weighted by molar-refractivity contribution is 6.05. The molecule has 0 unspecified atom stereocenters. The highest BCUT2D eigenvalue weighted by Gasteiger charge is 2.15. The van der Waals surface area contributed by atoms with Gasteiger partial charge in [0.25, 0.3) is 5.91 Å². The third-order valence-electron chi connectivity index (χ3n) is 2.66. The lowest BCUT2D eigenvalue weighted by Crippen LogP contribution is -2.11. The maximum absolute atomic E-state index is 11.9. The largest absolute Gasteiger partial charge is 0.504 e. The summed E-state index contributed by atoms with van der Waals surface area (Å²) in [5.41, 5.74) is -0.199. The van der Waals surface area contributed by atoms with Crippen molar-refractivity contribution in [1.82, 2.24) is 0 Å². The number of hydrogen-bond donors (Lipinski definition) is 7. The van der Waals surface area contributed by atoms with Gasteiger partial charge in [-0.3, -0.25) is 4.79 Å². The fourth-order valence-electron chi connectivity index (χ4n) is 1.61. The molecule has 2 rings (SSSR count). The van der Waals surface area contributed by atoms with E-state index in [4.69, 9.17) is 0 Å². The Labute approximate surface area is 117 Å². The van der Waals surface area contributed by atoms with E-state index < -0.39 is 40.4 Å². The standard InChI is InChI=1S/C13H11NO7/c15-7-1-5(2-8(16)11(7)19)13(21)14-6-3-9(17)12(20)10(18)4-6/h1-4,15-20H,(H,14,21). The maximum atomic E-state index is 11.9. The Bertz CT molecular complexity index is 680. The quantitative estimate of drug-likeness (QED) is 0.324. The first-order valence-corrected chi connectivity index (χ1v) is 5.61. The predicted octanol–water partition coefficient (Wildman–Crippen LogP) is 1.17. The number of amides is 1. The summed E-state index contributed by atoms with van der Waals surface area (Å²) in [6.07, 6.45) is 0. The Kier molecular flexibility index (Phi) is 3.37. The van der Waals surface area contributed by atoms with Crippen molar-refractivity contribution in [3.8, 4) is 34.5 Å². The Morgan fingerprint density at radius 1 is 0.714 bits per heavy atom. The summed E-state index contributed by atoms with van der Waals surface area (Å²) < 4.78 is 0. The number of phenolic OH excluding ortho intramolecular Hbond substituents is 6. The molecule has 0 radical (unpaired) electrons. The molecule has 0 heterocycles. The number of carbonyl (C=O) groups excluding carboxylic acids is 1. The smallest absolute Gasteiger partial charge is 0.255 e. The van der Waals surface area contributed by atoms with Gasteiger partial charge in [-0.15, -0.1) is 0 Å². The van der Waals surface area contributed by atoms with Gasteiger partial charge in [-0.1, -0.05) is 0 Å². The molecule has 0 aliphatic rings. The van der Waals surface area contributed by atoms with Crippen LogP contribution in [0.2, 0.25) is 0 Å². The first-order valence-electron chi connectivity index (χ1n) is 5.61. The van der Waals surface area contributed by atoms with Crippen LogP contribution in [0.4, 0.5) is 5.69 Å². The molecule has 2 aromatic carbocycles. The predicted molar refractivity (Wildman–Crippen MR) is 70.8 cm³/mol. The Balaban J connectivity index is 2.30. The number of phenols is 6. The fourth-order valence-corrected chi connectivity index (χ4v) is 1.61. The number of aromatic hydroxyl groups is 6. The number of benzene rings is 2. The molecule has 1 amide bonds. The van der Waals surface area contributed by atoms with E-state index in [1.165, 1.54) is 0 Å². The molecule has 0 bridgehead atoms. The molecular formula is C13H11NO7. The molecule has 0 aliphatic carbocycles. The van der Waals surface area contributed by atoms with Gasteiger partial charge in [-0.25, -0.2) is 0 Å². The molecule has 2 aromatic rings. The van der Waals surface area contributed by atoms with Crippen LogP contribution in [-0.4, -0.2) is 36.5 Å². The Morgan fingerprint density at radius 3 is 1.52 bits per heavy atom. The molecule has 0 fully saturated rings. The van der Waals surface area contributed by atoms with Gasteiger partial charge in [0, 0.05) is 23.4 Å². The first kappa shape index (κ1) is 14.1. The minimum absolute atomic E-state index is 0.0279. The van der Waals surface area contributed by atoms with Crippen molar-refractivity contribution in [2.75, 3.05) is 5.32 Å². The normalized spacial score (nSPS) is 10.3. The lowest BCUT2D eigenvalue weighted by molar-refractivity contribution is 0.102. The van der Waals surface area contributed by atoms with Crippen LogP contribution in [0.1, 0.15) is 10.4 Å². The van der Waals surface area contributed by atoms with Crippen molar-refractivity contribution in [2.45, 2.75) is 0 Å². The first-order chi connectivity index (χ1) is 9.79. The van der Waals surface area contributed by atoms with Gasteiger partial charge in [-0.2, -0.15) is 0 Å². The monoisotopic (exact) mass is 293 g/mol. The Morgan fingerprint density at radius 2 is 1.10 bits per heavy atom. The van der Waals surface area contributed by atoms with Crippen LogP contribution in [0.3, 0.4) is 0 Å². The van der Waals surface area contributed by atoms with Gasteiger partial charge >= 0.3 is 0 Å². The molecule has 0 spiro atoms. The van der Waals surface area contributed by atoms with Crippen LogP contribution in [0.25, 0.3) is 0 Å². The number of anilines is 1. The molecule has 7 N–H and O–H groups in total. The van der Waals surface area contributed by atoms with Gasteiger partial charge in [0.05, 0.1) is 0 Å². The van der Waals surface area contributed by atoms with Gasteiger partial charge in [0.1, 0.15) is 0 Å². The van der Waals surface area contributed by atoms with Crippen molar-refractivity contribution < 1.29 is 35.4 Å². The molecule has 21 heavy (non-hydrogen) atoms. The van der Waals surface area contributed by atoms with Crippen LogP contribution >= 0.6 is 0 Å². The molecule has 8 nitrogen and oxygen atoms in total. The molecule has 0 saturated heterocycles. The summed E-state index contributed by atoms with van der Waals surface area (Å²) in [6, 6.07) is 3.83. The average Bonchev–Trinajstić information content (AvgIpc) is 2.41. The summed E-state index contributed by atoms with van der Waals surface area (Å²) >= 11 is 0. The summed E-state index contributed by atoms with van der Waals surface area (Å²) in [6.45, 7) is 0. The summed E-state index contributed by atoms with van der Waals surface area (Å²) in [5.74, 6) is -4.92. The summed E-state index contributed by atoms with van der Waals surface area (Å²) in [4.78, 5) is 11.9. The van der Waals surface area contributed by atoms with E-state index >= 15 is 0 Å². The number of nitrogens with one attached hydrogen (secondary N) is 1. The summed E-state index contributed by atoms with van der Waals surface area (Å²) in [5, 5.41) is 57.9. The maximum Gasteiger partial charge on any atom is 0.255 e. The second-order valence-electron chi connectivity index (χ2n) is 4.18. The molecule has 110 valence electrons. The number of carbonyl (C=O) groups is 1. The third kappa shape index (κ3) is 2.68. The van der Waals surface area contributed by atoms with Crippen molar-refractivity contribution in [3.05, 3.63) is 29.8 Å². The zero-order chi connectivity index (χ0) is 15.7. The highest BCUT2D eigenvalue weighted by atomic mass is 16.3. The van der Waals surface area contributed by atoms with Crippen LogP contribution in [0.15, 0.2) is 24.3 Å². The van der Waals surface area contributed by atoms with Crippen molar-refractivity contribution in [3.63, 3.8) is 0 Å². The van der Waals surface area contributed by atoms with E-state index in [0.717, 1.165) is 24.3 Å². The van der Waals surface area contributed by atoms with Gasteiger partial charge in [0.2, 0.25) is 0 Å². The average molecular weight is 293 g/mol. The minimum atomic E-state index is -0.787. The Hall–Kier alpha value is -3.29. The number of hydrogen-bond acceptors (Lipinski definition) is 7. The molecule has 0 atom stereocenters.